The maximum Gasteiger partial charge on any atom is 0.124 e. The zero-order valence-electron chi connectivity index (χ0n) is 11.3. The molecule has 0 radical (unpaired) electrons. The van der Waals surface area contributed by atoms with E-state index in [2.05, 4.69) is 30.4 Å². The van der Waals surface area contributed by atoms with E-state index in [1.165, 1.54) is 18.4 Å². The summed E-state index contributed by atoms with van der Waals surface area (Å²) in [6.07, 6.45) is 2.65. The van der Waals surface area contributed by atoms with Crippen molar-refractivity contribution in [2.75, 3.05) is 26.9 Å². The van der Waals surface area contributed by atoms with Gasteiger partial charge in [0.15, 0.2) is 0 Å². The SMILES string of the molecule is CCNC(c1ccccc1OCCOC)C1CC1. The van der Waals surface area contributed by atoms with Gasteiger partial charge >= 0.3 is 0 Å². The van der Waals surface area contributed by atoms with Crippen molar-refractivity contribution < 1.29 is 9.47 Å². The van der Waals surface area contributed by atoms with Crippen molar-refractivity contribution >= 4 is 0 Å². The average Bonchev–Trinajstić information content (AvgIpc) is 3.21. The van der Waals surface area contributed by atoms with Crippen LogP contribution >= 0.6 is 0 Å². The fraction of sp³-hybridized carbons (Fsp3) is 0.600. The number of para-hydroxylation sites is 1. The minimum atomic E-state index is 0.439. The minimum Gasteiger partial charge on any atom is -0.491 e. The topological polar surface area (TPSA) is 30.5 Å². The molecule has 1 saturated carbocycles. The van der Waals surface area contributed by atoms with Crippen molar-refractivity contribution in [2.45, 2.75) is 25.8 Å². The molecule has 1 N–H and O–H groups in total. The standard InChI is InChI=1S/C15H23NO2/c1-3-16-15(12-8-9-12)13-6-4-5-7-14(13)18-11-10-17-2/h4-7,12,15-16H,3,8-11H2,1-2H3. The van der Waals surface area contributed by atoms with Crippen molar-refractivity contribution in [1.29, 1.82) is 0 Å². The third kappa shape index (κ3) is 3.47. The summed E-state index contributed by atoms with van der Waals surface area (Å²) in [6, 6.07) is 8.78. The van der Waals surface area contributed by atoms with Gasteiger partial charge in [-0.05, 0) is 31.4 Å². The number of methoxy groups -OCH3 is 1. The highest BCUT2D eigenvalue weighted by molar-refractivity contribution is 5.37. The first kappa shape index (κ1) is 13.4. The summed E-state index contributed by atoms with van der Waals surface area (Å²) in [5.74, 6) is 1.77. The predicted octanol–water partition coefficient (Wildman–Crippen LogP) is 2.77. The molecule has 100 valence electrons. The molecule has 1 aliphatic rings. The van der Waals surface area contributed by atoms with Gasteiger partial charge in [-0.15, -0.1) is 0 Å². The molecule has 0 amide bonds. The van der Waals surface area contributed by atoms with Gasteiger partial charge in [-0.2, -0.15) is 0 Å². The summed E-state index contributed by atoms with van der Waals surface area (Å²) in [4.78, 5) is 0. The van der Waals surface area contributed by atoms with Crippen LogP contribution in [0.25, 0.3) is 0 Å². The molecule has 0 aliphatic heterocycles. The zero-order chi connectivity index (χ0) is 12.8. The summed E-state index contributed by atoms with van der Waals surface area (Å²) < 4.78 is 10.8. The van der Waals surface area contributed by atoms with Crippen molar-refractivity contribution in [2.24, 2.45) is 5.92 Å². The van der Waals surface area contributed by atoms with Crippen LogP contribution in [0.1, 0.15) is 31.4 Å². The van der Waals surface area contributed by atoms with Crippen LogP contribution in [0, 0.1) is 5.92 Å². The number of benzene rings is 1. The van der Waals surface area contributed by atoms with Crippen LogP contribution in [0.3, 0.4) is 0 Å². The Labute approximate surface area is 109 Å². The smallest absolute Gasteiger partial charge is 0.124 e. The summed E-state index contributed by atoms with van der Waals surface area (Å²) in [5.41, 5.74) is 1.29. The van der Waals surface area contributed by atoms with E-state index in [9.17, 15) is 0 Å². The number of rotatable bonds is 8. The van der Waals surface area contributed by atoms with Gasteiger partial charge in [0.2, 0.25) is 0 Å². The zero-order valence-corrected chi connectivity index (χ0v) is 11.3. The molecule has 1 aromatic rings. The molecule has 3 heteroatoms. The van der Waals surface area contributed by atoms with Crippen molar-refractivity contribution in [3.05, 3.63) is 29.8 Å². The fourth-order valence-corrected chi connectivity index (χ4v) is 2.28. The third-order valence-corrected chi connectivity index (χ3v) is 3.32. The predicted molar refractivity (Wildman–Crippen MR) is 73.0 cm³/mol. The van der Waals surface area contributed by atoms with Crippen molar-refractivity contribution in [1.82, 2.24) is 5.32 Å². The van der Waals surface area contributed by atoms with Crippen molar-refractivity contribution in [3.8, 4) is 5.75 Å². The Bertz CT molecular complexity index is 363. The molecule has 1 unspecified atom stereocenters. The number of nitrogens with one attached hydrogen (secondary N) is 1. The van der Waals surface area contributed by atoms with E-state index < -0.39 is 0 Å². The molecule has 0 bridgehead atoms. The second kappa shape index (κ2) is 6.76. The van der Waals surface area contributed by atoms with E-state index in [1.54, 1.807) is 7.11 Å². The largest absolute Gasteiger partial charge is 0.491 e. The maximum absolute atomic E-state index is 5.82. The molecule has 1 fully saturated rings. The maximum atomic E-state index is 5.82. The van der Waals surface area contributed by atoms with Gasteiger partial charge in [0, 0.05) is 18.7 Å². The number of ether oxygens (including phenoxy) is 2. The van der Waals surface area contributed by atoms with Gasteiger partial charge in [0.1, 0.15) is 12.4 Å². The Kier molecular flexibility index (Phi) is 5.02. The first-order valence-electron chi connectivity index (χ1n) is 6.80. The first-order valence-corrected chi connectivity index (χ1v) is 6.80. The van der Waals surface area contributed by atoms with E-state index in [0.29, 0.717) is 19.3 Å². The molecule has 1 atom stereocenters. The second-order valence-corrected chi connectivity index (χ2v) is 4.75. The lowest BCUT2D eigenvalue weighted by atomic mass is 10.0. The molecule has 0 heterocycles. The van der Waals surface area contributed by atoms with Gasteiger partial charge < -0.3 is 14.8 Å². The van der Waals surface area contributed by atoms with Crippen molar-refractivity contribution in [3.63, 3.8) is 0 Å². The van der Waals surface area contributed by atoms with Gasteiger partial charge in [0.05, 0.1) is 6.61 Å². The lowest BCUT2D eigenvalue weighted by Crippen LogP contribution is -2.23. The van der Waals surface area contributed by atoms with E-state index in [1.807, 2.05) is 6.07 Å². The Morgan fingerprint density at radius 3 is 2.72 bits per heavy atom. The fourth-order valence-electron chi connectivity index (χ4n) is 2.28. The number of hydrogen-bond donors (Lipinski definition) is 1. The molecular weight excluding hydrogens is 226 g/mol. The van der Waals surface area contributed by atoms with Gasteiger partial charge in [-0.1, -0.05) is 25.1 Å². The normalized spacial score (nSPS) is 16.6. The second-order valence-electron chi connectivity index (χ2n) is 4.75. The highest BCUT2D eigenvalue weighted by Gasteiger charge is 2.33. The quantitative estimate of drug-likeness (QED) is 0.719. The van der Waals surface area contributed by atoms with Crippen LogP contribution in [-0.2, 0) is 4.74 Å². The van der Waals surface area contributed by atoms with E-state index in [-0.39, 0.29) is 0 Å². The summed E-state index contributed by atoms with van der Waals surface area (Å²) >= 11 is 0. The van der Waals surface area contributed by atoms with Gasteiger partial charge in [0.25, 0.3) is 0 Å². The molecule has 0 spiro atoms. The summed E-state index contributed by atoms with van der Waals surface area (Å²) in [6.45, 7) is 4.39. The highest BCUT2D eigenvalue weighted by atomic mass is 16.5. The van der Waals surface area contributed by atoms with E-state index in [4.69, 9.17) is 9.47 Å². The monoisotopic (exact) mass is 249 g/mol. The Morgan fingerprint density at radius 2 is 2.06 bits per heavy atom. The van der Waals surface area contributed by atoms with Gasteiger partial charge in [-0.25, -0.2) is 0 Å². The molecule has 0 saturated heterocycles. The molecule has 3 nitrogen and oxygen atoms in total. The van der Waals surface area contributed by atoms with Crippen LogP contribution in [-0.4, -0.2) is 26.9 Å². The molecule has 1 aliphatic carbocycles. The van der Waals surface area contributed by atoms with Crippen LogP contribution in [0.2, 0.25) is 0 Å². The molecular formula is C15H23NO2. The number of hydrogen-bond acceptors (Lipinski definition) is 3. The van der Waals surface area contributed by atoms with Gasteiger partial charge in [-0.3, -0.25) is 0 Å². The van der Waals surface area contributed by atoms with E-state index in [0.717, 1.165) is 18.2 Å². The van der Waals surface area contributed by atoms with Crippen LogP contribution in [0.15, 0.2) is 24.3 Å². The molecule has 0 aromatic heterocycles. The molecule has 1 aromatic carbocycles. The Hall–Kier alpha value is -1.06. The lowest BCUT2D eigenvalue weighted by Gasteiger charge is -2.21. The van der Waals surface area contributed by atoms with Crippen LogP contribution < -0.4 is 10.1 Å². The first-order chi connectivity index (χ1) is 8.86. The third-order valence-electron chi connectivity index (χ3n) is 3.32. The summed E-state index contributed by atoms with van der Waals surface area (Å²) in [7, 11) is 1.70. The van der Waals surface area contributed by atoms with Crippen LogP contribution in [0.4, 0.5) is 0 Å². The minimum absolute atomic E-state index is 0.439. The Morgan fingerprint density at radius 1 is 1.28 bits per heavy atom. The molecule has 2 rings (SSSR count). The lowest BCUT2D eigenvalue weighted by molar-refractivity contribution is 0.145. The highest BCUT2D eigenvalue weighted by Crippen LogP contribution is 2.43. The van der Waals surface area contributed by atoms with E-state index >= 15 is 0 Å². The average molecular weight is 249 g/mol. The molecule has 18 heavy (non-hydrogen) atoms. The Balaban J connectivity index is 2.08. The summed E-state index contributed by atoms with van der Waals surface area (Å²) in [5, 5.41) is 3.58. The van der Waals surface area contributed by atoms with Crippen LogP contribution in [0.5, 0.6) is 5.75 Å².